The maximum atomic E-state index is 13.0. The van der Waals surface area contributed by atoms with Crippen molar-refractivity contribution in [3.05, 3.63) is 47.8 Å². The lowest BCUT2D eigenvalue weighted by atomic mass is 10.3. The number of halogens is 2. The number of hydrogen-bond acceptors (Lipinski definition) is 3. The summed E-state index contributed by atoms with van der Waals surface area (Å²) in [5.74, 6) is -2.83. The normalized spacial score (nSPS) is 11.4. The van der Waals surface area contributed by atoms with Crippen LogP contribution in [-0.2, 0) is 17.1 Å². The zero-order valence-electron chi connectivity index (χ0n) is 10.8. The second-order valence-electron chi connectivity index (χ2n) is 4.30. The van der Waals surface area contributed by atoms with Gasteiger partial charge in [0, 0.05) is 25.0 Å². The fraction of sp³-hybridized carbons (Fsp3) is 0.0833. The van der Waals surface area contributed by atoms with Crippen molar-refractivity contribution in [2.24, 2.45) is 12.2 Å². The van der Waals surface area contributed by atoms with Crippen LogP contribution in [-0.4, -0.2) is 18.9 Å². The van der Waals surface area contributed by atoms with Crippen LogP contribution in [0.5, 0.6) is 0 Å². The first kappa shape index (κ1) is 15.1. The second kappa shape index (κ2) is 5.26. The third-order valence-electron chi connectivity index (χ3n) is 2.72. The van der Waals surface area contributed by atoms with Gasteiger partial charge in [0.15, 0.2) is 11.6 Å². The van der Waals surface area contributed by atoms with Crippen LogP contribution in [0, 0.1) is 11.6 Å². The van der Waals surface area contributed by atoms with Crippen LogP contribution in [0.1, 0.15) is 10.5 Å². The van der Waals surface area contributed by atoms with Crippen molar-refractivity contribution >= 4 is 21.6 Å². The molecular formula is C12H11F2N3O3S. The van der Waals surface area contributed by atoms with Gasteiger partial charge in [-0.15, -0.1) is 0 Å². The number of nitrogens with one attached hydrogen (secondary N) is 1. The van der Waals surface area contributed by atoms with Crippen molar-refractivity contribution in [3.8, 4) is 0 Å². The largest absolute Gasteiger partial charge is 0.345 e. The smallest absolute Gasteiger partial charge is 0.272 e. The van der Waals surface area contributed by atoms with E-state index >= 15 is 0 Å². The topological polar surface area (TPSA) is 94.2 Å². The van der Waals surface area contributed by atoms with E-state index in [2.05, 4.69) is 5.32 Å². The molecular weight excluding hydrogens is 304 g/mol. The highest BCUT2D eigenvalue weighted by Crippen LogP contribution is 2.16. The number of anilines is 1. The van der Waals surface area contributed by atoms with E-state index in [1.54, 1.807) is 0 Å². The number of carbonyl (C=O) groups is 1. The monoisotopic (exact) mass is 315 g/mol. The van der Waals surface area contributed by atoms with Crippen molar-refractivity contribution in [1.82, 2.24) is 4.57 Å². The fourth-order valence-corrected chi connectivity index (χ4v) is 2.27. The lowest BCUT2D eigenvalue weighted by Gasteiger charge is -2.06. The van der Waals surface area contributed by atoms with E-state index in [0.29, 0.717) is 0 Å². The Hall–Kier alpha value is -2.26. The second-order valence-corrected chi connectivity index (χ2v) is 5.86. The van der Waals surface area contributed by atoms with Crippen LogP contribution in [0.3, 0.4) is 0 Å². The van der Waals surface area contributed by atoms with Crippen molar-refractivity contribution in [2.75, 3.05) is 5.32 Å². The number of benzene rings is 1. The average Bonchev–Trinajstić information content (AvgIpc) is 2.76. The highest BCUT2D eigenvalue weighted by atomic mass is 32.2. The molecule has 0 saturated heterocycles. The Morgan fingerprint density at radius 1 is 1.24 bits per heavy atom. The first-order chi connectivity index (χ1) is 9.68. The van der Waals surface area contributed by atoms with Gasteiger partial charge < -0.3 is 9.88 Å². The van der Waals surface area contributed by atoms with Crippen molar-refractivity contribution < 1.29 is 22.0 Å². The molecule has 1 aromatic heterocycles. The Kier molecular flexibility index (Phi) is 3.79. The van der Waals surface area contributed by atoms with Gasteiger partial charge in [-0.25, -0.2) is 22.3 Å². The molecule has 0 fully saturated rings. The minimum atomic E-state index is -3.93. The Labute approximate surface area is 119 Å². The summed E-state index contributed by atoms with van der Waals surface area (Å²) in [5.41, 5.74) is 0.0426. The van der Waals surface area contributed by atoms with Crippen molar-refractivity contribution in [2.45, 2.75) is 4.90 Å². The zero-order chi connectivity index (χ0) is 15.8. The molecule has 1 aromatic carbocycles. The summed E-state index contributed by atoms with van der Waals surface area (Å²) in [6.45, 7) is 0. The molecule has 9 heteroatoms. The molecule has 1 heterocycles. The van der Waals surface area contributed by atoms with Gasteiger partial charge in [0.2, 0.25) is 10.0 Å². The van der Waals surface area contributed by atoms with E-state index in [4.69, 9.17) is 5.14 Å². The van der Waals surface area contributed by atoms with E-state index < -0.39 is 27.6 Å². The number of primary sulfonamides is 1. The summed E-state index contributed by atoms with van der Waals surface area (Å²) in [4.78, 5) is 11.8. The van der Waals surface area contributed by atoms with Gasteiger partial charge in [0.05, 0.1) is 0 Å². The Balaban J connectivity index is 2.28. The molecule has 0 saturated carbocycles. The molecule has 0 aliphatic carbocycles. The summed E-state index contributed by atoms with van der Waals surface area (Å²) in [6.07, 6.45) is 1.18. The molecule has 21 heavy (non-hydrogen) atoms. The summed E-state index contributed by atoms with van der Waals surface area (Å²) >= 11 is 0. The van der Waals surface area contributed by atoms with E-state index in [0.717, 1.165) is 18.2 Å². The third kappa shape index (κ3) is 3.26. The number of nitrogens with zero attached hydrogens (tertiary/aromatic N) is 1. The molecule has 0 bridgehead atoms. The van der Waals surface area contributed by atoms with Crippen LogP contribution in [0.15, 0.2) is 35.4 Å². The summed E-state index contributed by atoms with van der Waals surface area (Å²) < 4.78 is 49.5. The summed E-state index contributed by atoms with van der Waals surface area (Å²) in [6, 6.07) is 3.95. The molecule has 0 radical (unpaired) electrons. The van der Waals surface area contributed by atoms with Gasteiger partial charge in [-0.1, -0.05) is 0 Å². The maximum absolute atomic E-state index is 13.0. The van der Waals surface area contributed by atoms with Gasteiger partial charge in [0.1, 0.15) is 10.6 Å². The molecule has 2 aromatic rings. The number of aryl methyl sites for hydroxylation is 1. The standard InChI is InChI=1S/C12H11F2N3O3S/c1-17-6-8(21(15,19)20)5-11(17)12(18)16-7-2-3-9(13)10(14)4-7/h2-6H,1H3,(H,16,18)(H2,15,19,20). The summed E-state index contributed by atoms with van der Waals surface area (Å²) in [5, 5.41) is 7.29. The molecule has 6 nitrogen and oxygen atoms in total. The quantitative estimate of drug-likeness (QED) is 0.891. The molecule has 0 spiro atoms. The van der Waals surface area contributed by atoms with Crippen LogP contribution in [0.2, 0.25) is 0 Å². The minimum Gasteiger partial charge on any atom is -0.345 e. The molecule has 2 rings (SSSR count). The number of nitrogens with two attached hydrogens (primary N) is 1. The van der Waals surface area contributed by atoms with Crippen LogP contribution in [0.4, 0.5) is 14.5 Å². The Morgan fingerprint density at radius 2 is 1.90 bits per heavy atom. The number of sulfonamides is 1. The maximum Gasteiger partial charge on any atom is 0.272 e. The van der Waals surface area contributed by atoms with Crippen molar-refractivity contribution in [1.29, 1.82) is 0 Å². The Bertz CT molecular complexity index is 815. The highest BCUT2D eigenvalue weighted by Gasteiger charge is 2.17. The van der Waals surface area contributed by atoms with Crippen molar-refractivity contribution in [3.63, 3.8) is 0 Å². The third-order valence-corrected chi connectivity index (χ3v) is 3.60. The highest BCUT2D eigenvalue weighted by molar-refractivity contribution is 7.89. The molecule has 1 amide bonds. The van der Waals surface area contributed by atoms with Crippen LogP contribution < -0.4 is 10.5 Å². The number of aromatic nitrogens is 1. The zero-order valence-corrected chi connectivity index (χ0v) is 11.6. The number of hydrogen-bond donors (Lipinski definition) is 2. The molecule has 0 unspecified atom stereocenters. The first-order valence-electron chi connectivity index (χ1n) is 5.64. The van der Waals surface area contributed by atoms with E-state index in [9.17, 15) is 22.0 Å². The van der Waals surface area contributed by atoms with Gasteiger partial charge in [0.25, 0.3) is 5.91 Å². The van der Waals surface area contributed by atoms with E-state index in [1.807, 2.05) is 0 Å². The minimum absolute atomic E-state index is 0.00348. The molecule has 112 valence electrons. The van der Waals surface area contributed by atoms with E-state index in [1.165, 1.54) is 23.9 Å². The van der Waals surface area contributed by atoms with E-state index in [-0.39, 0.29) is 16.3 Å². The lowest BCUT2D eigenvalue weighted by Crippen LogP contribution is -2.15. The average molecular weight is 315 g/mol. The van der Waals surface area contributed by atoms with Crippen LogP contribution in [0.25, 0.3) is 0 Å². The molecule has 0 atom stereocenters. The SMILES string of the molecule is Cn1cc(S(N)(=O)=O)cc1C(=O)Nc1ccc(F)c(F)c1. The fourth-order valence-electron chi connectivity index (χ4n) is 1.68. The molecule has 0 aliphatic heterocycles. The predicted octanol–water partition coefficient (Wildman–Crippen LogP) is 1.20. The lowest BCUT2D eigenvalue weighted by molar-refractivity contribution is 0.101. The molecule has 3 N–H and O–H groups in total. The first-order valence-corrected chi connectivity index (χ1v) is 7.18. The van der Waals surface area contributed by atoms with Crippen LogP contribution >= 0.6 is 0 Å². The predicted molar refractivity (Wildman–Crippen MR) is 71.1 cm³/mol. The number of amides is 1. The Morgan fingerprint density at radius 3 is 2.43 bits per heavy atom. The number of carbonyl (C=O) groups excluding carboxylic acids is 1. The number of rotatable bonds is 3. The molecule has 0 aliphatic rings. The van der Waals surface area contributed by atoms with Gasteiger partial charge in [-0.3, -0.25) is 4.79 Å². The van der Waals surface area contributed by atoms with Gasteiger partial charge in [-0.2, -0.15) is 0 Å². The van der Waals surface area contributed by atoms with Gasteiger partial charge in [-0.05, 0) is 18.2 Å². The summed E-state index contributed by atoms with van der Waals surface area (Å²) in [7, 11) is -2.48. The van der Waals surface area contributed by atoms with Gasteiger partial charge >= 0.3 is 0 Å².